The van der Waals surface area contributed by atoms with Gasteiger partial charge in [-0.2, -0.15) is 0 Å². The van der Waals surface area contributed by atoms with Gasteiger partial charge in [0.2, 0.25) is 0 Å². The van der Waals surface area contributed by atoms with E-state index in [9.17, 15) is 0 Å². The Morgan fingerprint density at radius 3 is 2.67 bits per heavy atom. The first-order chi connectivity index (χ1) is 8.71. The van der Waals surface area contributed by atoms with Gasteiger partial charge in [-0.15, -0.1) is 0 Å². The molecule has 2 unspecified atom stereocenters. The summed E-state index contributed by atoms with van der Waals surface area (Å²) in [6, 6.07) is 5.91. The van der Waals surface area contributed by atoms with Crippen LogP contribution in [0, 0.1) is 5.92 Å². The molecule has 0 radical (unpaired) electrons. The van der Waals surface area contributed by atoms with Crippen LogP contribution in [0.2, 0.25) is 0 Å². The van der Waals surface area contributed by atoms with Gasteiger partial charge in [-0.1, -0.05) is 13.3 Å². The molecule has 1 aliphatic rings. The standard InChI is InChI=1S/C15H23NO2/c1-11-4-3-5-13(6-11)18-15-8-12(10-16)7-14(9-15)17-2/h7-9,11,13H,3-6,10,16H2,1-2H3. The molecule has 2 rings (SSSR count). The van der Waals surface area contributed by atoms with Crippen molar-refractivity contribution in [2.24, 2.45) is 11.7 Å². The molecule has 0 amide bonds. The third-order valence-electron chi connectivity index (χ3n) is 3.60. The van der Waals surface area contributed by atoms with Crippen molar-refractivity contribution < 1.29 is 9.47 Å². The third-order valence-corrected chi connectivity index (χ3v) is 3.60. The third kappa shape index (κ3) is 3.39. The molecule has 1 fully saturated rings. The van der Waals surface area contributed by atoms with Gasteiger partial charge >= 0.3 is 0 Å². The van der Waals surface area contributed by atoms with E-state index in [0.29, 0.717) is 12.6 Å². The molecule has 0 spiro atoms. The van der Waals surface area contributed by atoms with E-state index in [-0.39, 0.29) is 0 Å². The second kappa shape index (κ2) is 6.10. The van der Waals surface area contributed by atoms with E-state index in [4.69, 9.17) is 15.2 Å². The number of benzene rings is 1. The fourth-order valence-corrected chi connectivity index (χ4v) is 2.61. The maximum absolute atomic E-state index is 6.08. The van der Waals surface area contributed by atoms with E-state index in [0.717, 1.165) is 35.8 Å². The smallest absolute Gasteiger partial charge is 0.123 e. The number of hydrogen-bond donors (Lipinski definition) is 1. The van der Waals surface area contributed by atoms with Gasteiger partial charge in [-0.05, 0) is 42.9 Å². The van der Waals surface area contributed by atoms with E-state index in [1.165, 1.54) is 12.8 Å². The molecule has 1 aliphatic carbocycles. The average molecular weight is 249 g/mol. The van der Waals surface area contributed by atoms with Crippen LogP contribution in [0.1, 0.15) is 38.2 Å². The van der Waals surface area contributed by atoms with Crippen LogP contribution in [0.25, 0.3) is 0 Å². The first-order valence-corrected chi connectivity index (χ1v) is 6.76. The van der Waals surface area contributed by atoms with Gasteiger partial charge in [-0.25, -0.2) is 0 Å². The lowest BCUT2D eigenvalue weighted by atomic mass is 9.89. The highest BCUT2D eigenvalue weighted by molar-refractivity contribution is 5.38. The largest absolute Gasteiger partial charge is 0.497 e. The zero-order valence-electron chi connectivity index (χ0n) is 11.3. The molecular weight excluding hydrogens is 226 g/mol. The molecule has 18 heavy (non-hydrogen) atoms. The predicted molar refractivity (Wildman–Crippen MR) is 72.9 cm³/mol. The molecular formula is C15H23NO2. The van der Waals surface area contributed by atoms with Gasteiger partial charge in [0.1, 0.15) is 11.5 Å². The monoisotopic (exact) mass is 249 g/mol. The zero-order valence-corrected chi connectivity index (χ0v) is 11.3. The highest BCUT2D eigenvalue weighted by atomic mass is 16.5. The molecule has 0 saturated heterocycles. The van der Waals surface area contributed by atoms with Crippen LogP contribution < -0.4 is 15.2 Å². The Morgan fingerprint density at radius 2 is 2.00 bits per heavy atom. The van der Waals surface area contributed by atoms with Crippen LogP contribution in [0.5, 0.6) is 11.5 Å². The lowest BCUT2D eigenvalue weighted by Crippen LogP contribution is -2.24. The number of rotatable bonds is 4. The first kappa shape index (κ1) is 13.2. The summed E-state index contributed by atoms with van der Waals surface area (Å²) in [6.07, 6.45) is 5.23. The minimum absolute atomic E-state index is 0.339. The van der Waals surface area contributed by atoms with Crippen LogP contribution in [-0.4, -0.2) is 13.2 Å². The quantitative estimate of drug-likeness (QED) is 0.891. The van der Waals surface area contributed by atoms with Crippen molar-refractivity contribution in [1.29, 1.82) is 0 Å². The highest BCUT2D eigenvalue weighted by Crippen LogP contribution is 2.29. The van der Waals surface area contributed by atoms with Crippen molar-refractivity contribution in [3.8, 4) is 11.5 Å². The maximum Gasteiger partial charge on any atom is 0.123 e. The van der Waals surface area contributed by atoms with E-state index in [1.807, 2.05) is 18.2 Å². The summed E-state index contributed by atoms with van der Waals surface area (Å²) in [4.78, 5) is 0. The molecule has 1 aromatic carbocycles. The second-order valence-electron chi connectivity index (χ2n) is 5.23. The Kier molecular flexibility index (Phi) is 4.48. The summed E-state index contributed by atoms with van der Waals surface area (Å²) in [7, 11) is 1.67. The van der Waals surface area contributed by atoms with Crippen LogP contribution in [0.4, 0.5) is 0 Å². The van der Waals surface area contributed by atoms with E-state index in [2.05, 4.69) is 6.92 Å². The van der Waals surface area contributed by atoms with E-state index in [1.54, 1.807) is 7.11 Å². The summed E-state index contributed by atoms with van der Waals surface area (Å²) in [6.45, 7) is 2.81. The minimum Gasteiger partial charge on any atom is -0.497 e. The molecule has 0 aromatic heterocycles. The molecule has 0 aliphatic heterocycles. The van der Waals surface area contributed by atoms with Crippen molar-refractivity contribution in [2.75, 3.05) is 7.11 Å². The number of hydrogen-bond acceptors (Lipinski definition) is 3. The SMILES string of the molecule is COc1cc(CN)cc(OC2CCCC(C)C2)c1. The maximum atomic E-state index is 6.08. The fraction of sp³-hybridized carbons (Fsp3) is 0.600. The number of ether oxygens (including phenoxy) is 2. The second-order valence-corrected chi connectivity index (χ2v) is 5.23. The van der Waals surface area contributed by atoms with Crippen molar-refractivity contribution in [3.63, 3.8) is 0 Å². The molecule has 3 heteroatoms. The molecule has 1 saturated carbocycles. The zero-order chi connectivity index (χ0) is 13.0. The van der Waals surface area contributed by atoms with Crippen molar-refractivity contribution >= 4 is 0 Å². The van der Waals surface area contributed by atoms with Gasteiger partial charge < -0.3 is 15.2 Å². The Bertz CT molecular complexity index is 370. The fourth-order valence-electron chi connectivity index (χ4n) is 2.61. The Balaban J connectivity index is 2.07. The van der Waals surface area contributed by atoms with Crippen LogP contribution >= 0.6 is 0 Å². The summed E-state index contributed by atoms with van der Waals surface area (Å²) in [5.74, 6) is 2.47. The van der Waals surface area contributed by atoms with Crippen molar-refractivity contribution in [1.82, 2.24) is 0 Å². The number of methoxy groups -OCH3 is 1. The Morgan fingerprint density at radius 1 is 1.22 bits per heavy atom. The van der Waals surface area contributed by atoms with Gasteiger partial charge in [0.15, 0.2) is 0 Å². The Labute approximate surface area is 109 Å². The average Bonchev–Trinajstić information content (AvgIpc) is 2.38. The molecule has 0 heterocycles. The highest BCUT2D eigenvalue weighted by Gasteiger charge is 2.20. The first-order valence-electron chi connectivity index (χ1n) is 6.76. The summed E-state index contributed by atoms with van der Waals surface area (Å²) < 4.78 is 11.3. The van der Waals surface area contributed by atoms with Gasteiger partial charge in [0.05, 0.1) is 13.2 Å². The molecule has 3 nitrogen and oxygen atoms in total. The van der Waals surface area contributed by atoms with Gasteiger partial charge in [0, 0.05) is 12.6 Å². The number of nitrogens with two attached hydrogens (primary N) is 1. The summed E-state index contributed by atoms with van der Waals surface area (Å²) >= 11 is 0. The van der Waals surface area contributed by atoms with E-state index >= 15 is 0 Å². The molecule has 2 atom stereocenters. The predicted octanol–water partition coefficient (Wildman–Crippen LogP) is 3.11. The Hall–Kier alpha value is -1.22. The molecule has 100 valence electrons. The van der Waals surface area contributed by atoms with Crippen LogP contribution in [0.3, 0.4) is 0 Å². The lowest BCUT2D eigenvalue weighted by Gasteiger charge is -2.27. The molecule has 2 N–H and O–H groups in total. The summed E-state index contributed by atoms with van der Waals surface area (Å²) in [5, 5.41) is 0. The van der Waals surface area contributed by atoms with Crippen LogP contribution in [-0.2, 0) is 6.54 Å². The van der Waals surface area contributed by atoms with Crippen LogP contribution in [0.15, 0.2) is 18.2 Å². The normalized spacial score (nSPS) is 23.7. The molecule has 1 aromatic rings. The van der Waals surface area contributed by atoms with E-state index < -0.39 is 0 Å². The minimum atomic E-state index is 0.339. The topological polar surface area (TPSA) is 44.5 Å². The van der Waals surface area contributed by atoms with Gasteiger partial charge in [0.25, 0.3) is 0 Å². The van der Waals surface area contributed by atoms with Crippen molar-refractivity contribution in [2.45, 2.75) is 45.3 Å². The lowest BCUT2D eigenvalue weighted by molar-refractivity contribution is 0.129. The molecule has 0 bridgehead atoms. The van der Waals surface area contributed by atoms with Gasteiger partial charge in [-0.3, -0.25) is 0 Å². The van der Waals surface area contributed by atoms with Crippen molar-refractivity contribution in [3.05, 3.63) is 23.8 Å². The summed E-state index contributed by atoms with van der Waals surface area (Å²) in [5.41, 5.74) is 6.74.